The van der Waals surface area contributed by atoms with Crippen LogP contribution < -0.4 is 11.1 Å². The smallest absolute Gasteiger partial charge is 0.148 e. The lowest BCUT2D eigenvalue weighted by atomic mass is 10.0. The molecule has 17 heavy (non-hydrogen) atoms. The molecule has 96 valence electrons. The van der Waals surface area contributed by atoms with E-state index in [2.05, 4.69) is 10.3 Å². The molecule has 0 aliphatic heterocycles. The van der Waals surface area contributed by atoms with Crippen LogP contribution in [0, 0.1) is 0 Å². The zero-order valence-electron chi connectivity index (χ0n) is 8.82. The molecule has 0 bridgehead atoms. The number of nitrogens with one attached hydrogen (secondary N) is 1. The Bertz CT molecular complexity index is 391. The molecule has 6 nitrogen and oxygen atoms in total. The first kappa shape index (κ1) is 14.3. The summed E-state index contributed by atoms with van der Waals surface area (Å²) in [5, 5.41) is 30.4. The van der Waals surface area contributed by atoms with E-state index >= 15 is 0 Å². The summed E-state index contributed by atoms with van der Waals surface area (Å²) in [5.41, 5.74) is 4.18. The van der Waals surface area contributed by atoms with Crippen molar-refractivity contribution < 1.29 is 15.3 Å². The number of hydrogen-bond acceptors (Lipinski definition) is 6. The Kier molecular flexibility index (Phi) is 4.79. The van der Waals surface area contributed by atoms with Crippen molar-refractivity contribution in [2.45, 2.75) is 5.54 Å². The third kappa shape index (κ3) is 3.11. The molecule has 0 aromatic carbocycles. The fraction of sp³-hybridized carbons (Fsp3) is 0.444. The van der Waals surface area contributed by atoms with Gasteiger partial charge in [0.1, 0.15) is 17.2 Å². The number of hydrogen-bond donors (Lipinski definition) is 5. The number of nitrogens with two attached hydrogens (primary N) is 1. The number of nitrogen functional groups attached to an aromatic ring is 1. The number of aliphatic hydroxyl groups excluding tert-OH is 3. The van der Waals surface area contributed by atoms with Crippen molar-refractivity contribution in [3.63, 3.8) is 0 Å². The van der Waals surface area contributed by atoms with Gasteiger partial charge in [0.25, 0.3) is 0 Å². The number of anilines is 2. The van der Waals surface area contributed by atoms with E-state index in [1.165, 1.54) is 6.07 Å². The largest absolute Gasteiger partial charge is 0.394 e. The molecular formula is C9H13Cl2N3O3. The Labute approximate surface area is 108 Å². The molecule has 1 aromatic heterocycles. The SMILES string of the molecule is Nc1nc(NC(CO)(CO)CO)c(Cl)cc1Cl. The molecule has 1 rings (SSSR count). The minimum atomic E-state index is -1.32. The Balaban J connectivity index is 3.05. The lowest BCUT2D eigenvalue weighted by molar-refractivity contribution is 0.0831. The second-order valence-electron chi connectivity index (χ2n) is 3.57. The van der Waals surface area contributed by atoms with Gasteiger partial charge in [-0.25, -0.2) is 4.98 Å². The van der Waals surface area contributed by atoms with Gasteiger partial charge >= 0.3 is 0 Å². The van der Waals surface area contributed by atoms with Gasteiger partial charge in [-0.1, -0.05) is 23.2 Å². The highest BCUT2D eigenvalue weighted by Gasteiger charge is 2.29. The summed E-state index contributed by atoms with van der Waals surface area (Å²) in [7, 11) is 0. The molecule has 0 saturated carbocycles. The van der Waals surface area contributed by atoms with Crippen LogP contribution in [-0.2, 0) is 0 Å². The Morgan fingerprint density at radius 2 is 1.71 bits per heavy atom. The average Bonchev–Trinajstić information content (AvgIpc) is 2.33. The second kappa shape index (κ2) is 5.70. The summed E-state index contributed by atoms with van der Waals surface area (Å²) in [4.78, 5) is 3.87. The summed E-state index contributed by atoms with van der Waals surface area (Å²) < 4.78 is 0. The number of aliphatic hydroxyl groups is 3. The first-order valence-electron chi connectivity index (χ1n) is 4.70. The van der Waals surface area contributed by atoms with Crippen molar-refractivity contribution >= 4 is 34.8 Å². The molecule has 1 heterocycles. The average molecular weight is 282 g/mol. The van der Waals surface area contributed by atoms with Gasteiger partial charge in [0.15, 0.2) is 0 Å². The van der Waals surface area contributed by atoms with Crippen LogP contribution >= 0.6 is 23.2 Å². The first-order valence-corrected chi connectivity index (χ1v) is 5.46. The van der Waals surface area contributed by atoms with Crippen molar-refractivity contribution in [3.8, 4) is 0 Å². The summed E-state index contributed by atoms with van der Waals surface area (Å²) >= 11 is 11.6. The quantitative estimate of drug-likeness (QED) is 0.523. The lowest BCUT2D eigenvalue weighted by Crippen LogP contribution is -2.49. The van der Waals surface area contributed by atoms with Crippen molar-refractivity contribution in [1.82, 2.24) is 4.98 Å². The molecule has 0 amide bonds. The zero-order chi connectivity index (χ0) is 13.1. The van der Waals surface area contributed by atoms with E-state index in [9.17, 15) is 0 Å². The third-order valence-corrected chi connectivity index (χ3v) is 2.84. The number of rotatable bonds is 5. The molecule has 6 N–H and O–H groups in total. The van der Waals surface area contributed by atoms with Crippen LogP contribution in [0.25, 0.3) is 0 Å². The normalized spacial score (nSPS) is 11.6. The molecule has 0 aliphatic carbocycles. The van der Waals surface area contributed by atoms with Gasteiger partial charge < -0.3 is 26.4 Å². The molecule has 0 aliphatic rings. The highest BCUT2D eigenvalue weighted by atomic mass is 35.5. The van der Waals surface area contributed by atoms with Gasteiger partial charge in [0.2, 0.25) is 0 Å². The molecule has 0 saturated heterocycles. The monoisotopic (exact) mass is 281 g/mol. The summed E-state index contributed by atoms with van der Waals surface area (Å²) in [6.07, 6.45) is 0. The van der Waals surface area contributed by atoms with Gasteiger partial charge in [-0.3, -0.25) is 0 Å². The van der Waals surface area contributed by atoms with E-state index in [-0.39, 0.29) is 21.7 Å². The number of aromatic nitrogens is 1. The second-order valence-corrected chi connectivity index (χ2v) is 4.38. The molecule has 0 radical (unpaired) electrons. The van der Waals surface area contributed by atoms with Crippen molar-refractivity contribution in [3.05, 3.63) is 16.1 Å². The molecule has 8 heteroatoms. The number of halogens is 2. The van der Waals surface area contributed by atoms with E-state index in [1.54, 1.807) is 0 Å². The maximum atomic E-state index is 9.14. The minimum Gasteiger partial charge on any atom is -0.394 e. The van der Waals surface area contributed by atoms with Crippen molar-refractivity contribution in [2.75, 3.05) is 30.9 Å². The highest BCUT2D eigenvalue weighted by Crippen LogP contribution is 2.29. The number of nitrogens with zero attached hydrogens (tertiary/aromatic N) is 1. The zero-order valence-corrected chi connectivity index (χ0v) is 10.3. The van der Waals surface area contributed by atoms with Crippen LogP contribution in [0.1, 0.15) is 0 Å². The van der Waals surface area contributed by atoms with Crippen molar-refractivity contribution in [1.29, 1.82) is 0 Å². The minimum absolute atomic E-state index is 0.0567. The van der Waals surface area contributed by atoms with Crippen LogP contribution in [0.2, 0.25) is 10.0 Å². The molecule has 0 spiro atoms. The van der Waals surface area contributed by atoms with Gasteiger partial charge in [-0.15, -0.1) is 0 Å². The lowest BCUT2D eigenvalue weighted by Gasteiger charge is -2.29. The fourth-order valence-corrected chi connectivity index (χ4v) is 1.49. The van der Waals surface area contributed by atoms with Gasteiger partial charge in [-0.05, 0) is 6.07 Å². The molecule has 0 unspecified atom stereocenters. The fourth-order valence-electron chi connectivity index (χ4n) is 1.09. The van der Waals surface area contributed by atoms with E-state index < -0.39 is 25.4 Å². The standard InChI is InChI=1S/C9H13Cl2N3O3/c10-5-1-6(11)8(13-7(5)12)14-9(2-15,3-16)4-17/h1,15-17H,2-4H2,(H3,12,13,14). The topological polar surface area (TPSA) is 112 Å². The summed E-state index contributed by atoms with van der Waals surface area (Å²) in [5.74, 6) is 0.187. The van der Waals surface area contributed by atoms with E-state index in [0.29, 0.717) is 0 Å². The molecular weight excluding hydrogens is 269 g/mol. The third-order valence-electron chi connectivity index (χ3n) is 2.25. The predicted molar refractivity (Wildman–Crippen MR) is 66.3 cm³/mol. The van der Waals surface area contributed by atoms with E-state index in [0.717, 1.165) is 0 Å². The van der Waals surface area contributed by atoms with E-state index in [4.69, 9.17) is 44.3 Å². The molecule has 0 atom stereocenters. The van der Waals surface area contributed by atoms with Gasteiger partial charge in [-0.2, -0.15) is 0 Å². The Morgan fingerprint density at radius 1 is 1.18 bits per heavy atom. The summed E-state index contributed by atoms with van der Waals surface area (Å²) in [6, 6.07) is 1.38. The predicted octanol–water partition coefficient (Wildman–Crippen LogP) is 0.0982. The van der Waals surface area contributed by atoms with Crippen LogP contribution in [0.3, 0.4) is 0 Å². The summed E-state index contributed by atoms with van der Waals surface area (Å²) in [6.45, 7) is -1.50. The molecule has 0 fully saturated rings. The van der Waals surface area contributed by atoms with E-state index in [1.807, 2.05) is 0 Å². The van der Waals surface area contributed by atoms with Crippen LogP contribution in [0.15, 0.2) is 6.07 Å². The van der Waals surface area contributed by atoms with Gasteiger partial charge in [0.05, 0.1) is 29.9 Å². The van der Waals surface area contributed by atoms with Crippen molar-refractivity contribution in [2.24, 2.45) is 0 Å². The van der Waals surface area contributed by atoms with Crippen LogP contribution in [-0.4, -0.2) is 45.7 Å². The Morgan fingerprint density at radius 3 is 2.18 bits per heavy atom. The maximum Gasteiger partial charge on any atom is 0.148 e. The number of pyridine rings is 1. The molecule has 1 aromatic rings. The maximum absolute atomic E-state index is 9.14. The van der Waals surface area contributed by atoms with Crippen LogP contribution in [0.5, 0.6) is 0 Å². The highest BCUT2D eigenvalue weighted by molar-refractivity contribution is 6.37. The Hall–Kier alpha value is -0.790. The first-order chi connectivity index (χ1) is 7.98. The van der Waals surface area contributed by atoms with Crippen LogP contribution in [0.4, 0.5) is 11.6 Å². The van der Waals surface area contributed by atoms with Gasteiger partial charge in [0, 0.05) is 0 Å².